The van der Waals surface area contributed by atoms with Crippen LogP contribution in [0.5, 0.6) is 5.75 Å². The van der Waals surface area contributed by atoms with E-state index in [4.69, 9.17) is 4.74 Å². The topological polar surface area (TPSA) is 29.5 Å². The summed E-state index contributed by atoms with van der Waals surface area (Å²) in [4.78, 5) is 14.3. The molecule has 3 nitrogen and oxygen atoms in total. The third-order valence-electron chi connectivity index (χ3n) is 3.74. The molecule has 0 aromatic heterocycles. The zero-order chi connectivity index (χ0) is 13.8. The van der Waals surface area contributed by atoms with Crippen LogP contribution in [0.15, 0.2) is 24.3 Å². The Balaban J connectivity index is 1.96. The van der Waals surface area contributed by atoms with Gasteiger partial charge >= 0.3 is 0 Å². The molecule has 1 aliphatic rings. The Morgan fingerprint density at radius 1 is 1.21 bits per heavy atom. The lowest BCUT2D eigenvalue weighted by atomic mass is 9.91. The van der Waals surface area contributed by atoms with Gasteiger partial charge in [0.2, 0.25) is 5.91 Å². The fraction of sp³-hybridized carbons (Fsp3) is 0.562. The molecular formula is C16H23NO2. The minimum absolute atomic E-state index is 0.239. The first-order valence-corrected chi connectivity index (χ1v) is 6.99. The Labute approximate surface area is 115 Å². The predicted octanol–water partition coefficient (Wildman–Crippen LogP) is 2.74. The number of hydrogen-bond donors (Lipinski definition) is 0. The molecule has 2 atom stereocenters. The van der Waals surface area contributed by atoms with Crippen molar-refractivity contribution in [1.82, 2.24) is 4.90 Å². The van der Waals surface area contributed by atoms with E-state index in [1.807, 2.05) is 29.2 Å². The molecule has 0 N–H and O–H groups in total. The van der Waals surface area contributed by atoms with Crippen molar-refractivity contribution < 1.29 is 9.53 Å². The molecule has 2 rings (SSSR count). The van der Waals surface area contributed by atoms with Gasteiger partial charge in [-0.3, -0.25) is 4.79 Å². The first-order valence-electron chi connectivity index (χ1n) is 6.99. The molecule has 1 saturated heterocycles. The highest BCUT2D eigenvalue weighted by Crippen LogP contribution is 2.22. The van der Waals surface area contributed by atoms with E-state index in [9.17, 15) is 4.79 Å². The van der Waals surface area contributed by atoms with Gasteiger partial charge in [-0.25, -0.2) is 0 Å². The molecule has 1 amide bonds. The molecule has 1 heterocycles. The third-order valence-corrected chi connectivity index (χ3v) is 3.74. The van der Waals surface area contributed by atoms with E-state index in [1.165, 1.54) is 6.42 Å². The van der Waals surface area contributed by atoms with E-state index in [0.29, 0.717) is 18.3 Å². The maximum absolute atomic E-state index is 12.3. The normalized spacial score (nSPS) is 23.2. The van der Waals surface area contributed by atoms with Crippen LogP contribution in [0.1, 0.15) is 25.8 Å². The van der Waals surface area contributed by atoms with E-state index >= 15 is 0 Å². The first-order chi connectivity index (χ1) is 9.08. The van der Waals surface area contributed by atoms with Crippen LogP contribution in [-0.2, 0) is 11.2 Å². The van der Waals surface area contributed by atoms with Gasteiger partial charge < -0.3 is 9.64 Å². The van der Waals surface area contributed by atoms with Gasteiger partial charge in [0.1, 0.15) is 5.75 Å². The van der Waals surface area contributed by atoms with Gasteiger partial charge in [0, 0.05) is 13.1 Å². The highest BCUT2D eigenvalue weighted by atomic mass is 16.5. The Morgan fingerprint density at radius 3 is 2.32 bits per heavy atom. The highest BCUT2D eigenvalue weighted by Gasteiger charge is 2.25. The summed E-state index contributed by atoms with van der Waals surface area (Å²) in [6.07, 6.45) is 1.72. The molecule has 0 saturated carbocycles. The second-order valence-electron chi connectivity index (χ2n) is 5.77. The summed E-state index contributed by atoms with van der Waals surface area (Å²) in [6.45, 7) is 6.26. The van der Waals surface area contributed by atoms with Crippen molar-refractivity contribution in [2.24, 2.45) is 11.8 Å². The molecule has 1 aliphatic heterocycles. The molecule has 0 bridgehead atoms. The fourth-order valence-electron chi connectivity index (χ4n) is 2.90. The number of amides is 1. The fourth-order valence-corrected chi connectivity index (χ4v) is 2.90. The van der Waals surface area contributed by atoms with E-state index in [-0.39, 0.29) is 5.91 Å². The number of nitrogens with zero attached hydrogens (tertiary/aromatic N) is 1. The van der Waals surface area contributed by atoms with E-state index < -0.39 is 0 Å². The number of methoxy groups -OCH3 is 1. The van der Waals surface area contributed by atoms with Gasteiger partial charge in [0.15, 0.2) is 0 Å². The molecular weight excluding hydrogens is 238 g/mol. The number of piperidine rings is 1. The second kappa shape index (κ2) is 6.09. The molecule has 1 aromatic rings. The van der Waals surface area contributed by atoms with Crippen molar-refractivity contribution in [2.45, 2.75) is 26.7 Å². The molecule has 19 heavy (non-hydrogen) atoms. The van der Waals surface area contributed by atoms with Crippen molar-refractivity contribution in [2.75, 3.05) is 20.2 Å². The molecule has 1 fully saturated rings. The van der Waals surface area contributed by atoms with Gasteiger partial charge in [0.25, 0.3) is 0 Å². The van der Waals surface area contributed by atoms with Gasteiger partial charge in [-0.2, -0.15) is 0 Å². The summed E-state index contributed by atoms with van der Waals surface area (Å²) >= 11 is 0. The lowest BCUT2D eigenvalue weighted by Gasteiger charge is -2.35. The first kappa shape index (κ1) is 13.9. The molecule has 1 aromatic carbocycles. The summed E-state index contributed by atoms with van der Waals surface area (Å²) < 4.78 is 5.12. The number of ether oxygens (including phenoxy) is 1. The Bertz CT molecular complexity index is 417. The standard InChI is InChI=1S/C16H23NO2/c1-12-8-13(2)11-17(10-12)16(18)9-14-4-6-15(19-3)7-5-14/h4-7,12-13H,8-11H2,1-3H3/t12-,13-/m0/s1. The zero-order valence-electron chi connectivity index (χ0n) is 12.1. The van der Waals surface area contributed by atoms with Crippen molar-refractivity contribution in [3.05, 3.63) is 29.8 Å². The minimum atomic E-state index is 0.239. The van der Waals surface area contributed by atoms with E-state index in [2.05, 4.69) is 13.8 Å². The Kier molecular flexibility index (Phi) is 4.46. The quantitative estimate of drug-likeness (QED) is 0.837. The van der Waals surface area contributed by atoms with Crippen molar-refractivity contribution in [1.29, 1.82) is 0 Å². The molecule has 104 valence electrons. The van der Waals surface area contributed by atoms with Crippen LogP contribution in [0.3, 0.4) is 0 Å². The number of benzene rings is 1. The average Bonchev–Trinajstić information content (AvgIpc) is 2.38. The Hall–Kier alpha value is -1.51. The minimum Gasteiger partial charge on any atom is -0.497 e. The summed E-state index contributed by atoms with van der Waals surface area (Å²) in [5.41, 5.74) is 1.05. The largest absolute Gasteiger partial charge is 0.497 e. The van der Waals surface area contributed by atoms with Crippen LogP contribution in [0.4, 0.5) is 0 Å². The SMILES string of the molecule is COc1ccc(CC(=O)N2C[C@@H](C)C[C@H](C)C2)cc1. The van der Waals surface area contributed by atoms with Gasteiger partial charge in [-0.05, 0) is 36.0 Å². The maximum atomic E-state index is 12.3. The lowest BCUT2D eigenvalue weighted by Crippen LogP contribution is -2.43. The van der Waals surface area contributed by atoms with Crippen LogP contribution in [-0.4, -0.2) is 31.0 Å². The van der Waals surface area contributed by atoms with E-state index in [1.54, 1.807) is 7.11 Å². The van der Waals surface area contributed by atoms with Gasteiger partial charge in [-0.15, -0.1) is 0 Å². The van der Waals surface area contributed by atoms with E-state index in [0.717, 1.165) is 24.4 Å². The number of carbonyl (C=O) groups excluding carboxylic acids is 1. The van der Waals surface area contributed by atoms with Crippen LogP contribution in [0.25, 0.3) is 0 Å². The van der Waals surface area contributed by atoms with Crippen LogP contribution in [0, 0.1) is 11.8 Å². The predicted molar refractivity (Wildman–Crippen MR) is 76.2 cm³/mol. The average molecular weight is 261 g/mol. The summed E-state index contributed by atoms with van der Waals surface area (Å²) in [5, 5.41) is 0. The van der Waals surface area contributed by atoms with Crippen LogP contribution >= 0.6 is 0 Å². The van der Waals surface area contributed by atoms with Crippen LogP contribution in [0.2, 0.25) is 0 Å². The van der Waals surface area contributed by atoms with Crippen molar-refractivity contribution in [3.8, 4) is 5.75 Å². The van der Waals surface area contributed by atoms with Crippen molar-refractivity contribution in [3.63, 3.8) is 0 Å². The lowest BCUT2D eigenvalue weighted by molar-refractivity contribution is -0.133. The number of hydrogen-bond acceptors (Lipinski definition) is 2. The number of carbonyl (C=O) groups is 1. The molecule has 0 aliphatic carbocycles. The maximum Gasteiger partial charge on any atom is 0.227 e. The van der Waals surface area contributed by atoms with Crippen molar-refractivity contribution >= 4 is 5.91 Å². The number of likely N-dealkylation sites (tertiary alicyclic amines) is 1. The van der Waals surface area contributed by atoms with Gasteiger partial charge in [-0.1, -0.05) is 26.0 Å². The second-order valence-corrected chi connectivity index (χ2v) is 5.77. The highest BCUT2D eigenvalue weighted by molar-refractivity contribution is 5.79. The number of rotatable bonds is 3. The summed E-state index contributed by atoms with van der Waals surface area (Å²) in [6, 6.07) is 7.75. The summed E-state index contributed by atoms with van der Waals surface area (Å²) in [5.74, 6) is 2.30. The summed E-state index contributed by atoms with van der Waals surface area (Å²) in [7, 11) is 1.65. The van der Waals surface area contributed by atoms with Gasteiger partial charge in [0.05, 0.1) is 13.5 Å². The molecule has 0 spiro atoms. The zero-order valence-corrected chi connectivity index (χ0v) is 12.1. The smallest absolute Gasteiger partial charge is 0.227 e. The monoisotopic (exact) mass is 261 g/mol. The van der Waals surface area contributed by atoms with Crippen LogP contribution < -0.4 is 4.74 Å². The molecule has 0 radical (unpaired) electrons. The third kappa shape index (κ3) is 3.72. The molecule has 0 unspecified atom stereocenters. The molecule has 3 heteroatoms. The Morgan fingerprint density at radius 2 is 1.79 bits per heavy atom.